The normalized spacial score (nSPS) is 11.6. The number of aliphatic imine (C=N–C) groups is 1. The lowest BCUT2D eigenvalue weighted by Crippen LogP contribution is -2.32. The summed E-state index contributed by atoms with van der Waals surface area (Å²) in [5.74, 6) is 0.898. The van der Waals surface area contributed by atoms with Gasteiger partial charge < -0.3 is 16.4 Å². The minimum atomic E-state index is 0.0248. The maximum atomic E-state index is 11.2. The van der Waals surface area contributed by atoms with E-state index in [-0.39, 0.29) is 5.91 Å². The van der Waals surface area contributed by atoms with Gasteiger partial charge in [-0.05, 0) is 12.8 Å². The maximum Gasteiger partial charge on any atom is 0.221 e. The van der Waals surface area contributed by atoms with Crippen molar-refractivity contribution in [1.82, 2.24) is 10.6 Å². The van der Waals surface area contributed by atoms with Gasteiger partial charge in [-0.15, -0.1) is 0 Å². The van der Waals surface area contributed by atoms with Crippen LogP contribution >= 0.6 is 0 Å². The molecule has 5 nitrogen and oxygen atoms in total. The molecule has 0 saturated heterocycles. The molecule has 0 aliphatic rings. The first kappa shape index (κ1) is 13.7. The van der Waals surface area contributed by atoms with Gasteiger partial charge in [-0.1, -0.05) is 13.8 Å². The lowest BCUT2D eigenvalue weighted by Gasteiger charge is -2.06. The van der Waals surface area contributed by atoms with Gasteiger partial charge in [0.1, 0.15) is 0 Å². The summed E-state index contributed by atoms with van der Waals surface area (Å²) in [6.45, 7) is 7.95. The molecule has 0 aromatic heterocycles. The van der Waals surface area contributed by atoms with Crippen LogP contribution in [0.15, 0.2) is 4.99 Å². The fraction of sp³-hybridized carbons (Fsp3) is 0.800. The standard InChI is InChI=1S/C10H22N4O/c1-4-12-10(11)13-6-5-9(15)14-7-8(2)3/h8H,4-7H2,1-3H3,(H,14,15)(H3,11,12,13). The van der Waals surface area contributed by atoms with E-state index in [2.05, 4.69) is 29.5 Å². The third-order valence-corrected chi connectivity index (χ3v) is 1.69. The Morgan fingerprint density at radius 1 is 1.40 bits per heavy atom. The first-order valence-electron chi connectivity index (χ1n) is 5.36. The Labute approximate surface area is 91.5 Å². The molecular weight excluding hydrogens is 192 g/mol. The van der Waals surface area contributed by atoms with E-state index in [0.29, 0.717) is 31.4 Å². The molecule has 0 unspecified atom stereocenters. The number of hydrogen-bond acceptors (Lipinski definition) is 2. The third-order valence-electron chi connectivity index (χ3n) is 1.69. The Kier molecular flexibility index (Phi) is 7.40. The van der Waals surface area contributed by atoms with Gasteiger partial charge in [0.2, 0.25) is 5.91 Å². The Morgan fingerprint density at radius 2 is 2.07 bits per heavy atom. The predicted octanol–water partition coefficient (Wildman–Crippen LogP) is 0.0729. The summed E-state index contributed by atoms with van der Waals surface area (Å²) in [6.07, 6.45) is 0.388. The predicted molar refractivity (Wildman–Crippen MR) is 62.6 cm³/mol. The molecule has 0 bridgehead atoms. The van der Waals surface area contributed by atoms with Crippen LogP contribution in [0.5, 0.6) is 0 Å². The zero-order chi connectivity index (χ0) is 11.7. The number of rotatable bonds is 6. The van der Waals surface area contributed by atoms with Gasteiger partial charge in [-0.2, -0.15) is 0 Å². The first-order valence-corrected chi connectivity index (χ1v) is 5.36. The minimum absolute atomic E-state index is 0.0248. The monoisotopic (exact) mass is 214 g/mol. The molecule has 0 heterocycles. The molecule has 0 atom stereocenters. The Bertz CT molecular complexity index is 213. The zero-order valence-corrected chi connectivity index (χ0v) is 9.84. The van der Waals surface area contributed by atoms with E-state index in [0.717, 1.165) is 6.54 Å². The molecule has 0 radical (unpaired) electrons. The Morgan fingerprint density at radius 3 is 2.60 bits per heavy atom. The van der Waals surface area contributed by atoms with Crippen molar-refractivity contribution in [3.63, 3.8) is 0 Å². The number of nitrogens with one attached hydrogen (secondary N) is 2. The van der Waals surface area contributed by atoms with Gasteiger partial charge in [0, 0.05) is 19.5 Å². The number of nitrogens with zero attached hydrogens (tertiary/aromatic N) is 1. The van der Waals surface area contributed by atoms with Crippen molar-refractivity contribution in [1.29, 1.82) is 0 Å². The lowest BCUT2D eigenvalue weighted by atomic mass is 10.2. The smallest absolute Gasteiger partial charge is 0.221 e. The number of guanidine groups is 1. The molecular formula is C10H22N4O. The van der Waals surface area contributed by atoms with E-state index in [1.807, 2.05) is 6.92 Å². The topological polar surface area (TPSA) is 79.5 Å². The van der Waals surface area contributed by atoms with Gasteiger partial charge >= 0.3 is 0 Å². The van der Waals surface area contributed by atoms with Crippen LogP contribution in [0.2, 0.25) is 0 Å². The van der Waals surface area contributed by atoms with E-state index in [9.17, 15) is 4.79 Å². The fourth-order valence-electron chi connectivity index (χ4n) is 0.921. The van der Waals surface area contributed by atoms with Crippen molar-refractivity contribution in [2.45, 2.75) is 27.2 Å². The number of amides is 1. The highest BCUT2D eigenvalue weighted by atomic mass is 16.1. The van der Waals surface area contributed by atoms with Gasteiger partial charge in [0.15, 0.2) is 5.96 Å². The Hall–Kier alpha value is -1.26. The summed E-state index contributed by atoms with van der Waals surface area (Å²) in [5.41, 5.74) is 5.50. The molecule has 0 saturated carbocycles. The van der Waals surface area contributed by atoms with Gasteiger partial charge in [-0.25, -0.2) is 0 Å². The van der Waals surface area contributed by atoms with Crippen LogP contribution in [0.3, 0.4) is 0 Å². The number of hydrogen-bond donors (Lipinski definition) is 3. The molecule has 0 aliphatic carbocycles. The largest absolute Gasteiger partial charge is 0.370 e. The van der Waals surface area contributed by atoms with Crippen LogP contribution in [0.25, 0.3) is 0 Å². The van der Waals surface area contributed by atoms with Crippen molar-refractivity contribution in [2.24, 2.45) is 16.6 Å². The maximum absolute atomic E-state index is 11.2. The molecule has 0 fully saturated rings. The second-order valence-corrected chi connectivity index (χ2v) is 3.75. The molecule has 4 N–H and O–H groups in total. The van der Waals surface area contributed by atoms with Gasteiger partial charge in [0.05, 0.1) is 6.54 Å². The summed E-state index contributed by atoms with van der Waals surface area (Å²) >= 11 is 0. The molecule has 0 spiro atoms. The molecule has 15 heavy (non-hydrogen) atoms. The summed E-state index contributed by atoms with van der Waals surface area (Å²) in [5, 5.41) is 5.68. The van der Waals surface area contributed by atoms with Crippen molar-refractivity contribution >= 4 is 11.9 Å². The van der Waals surface area contributed by atoms with Crippen LogP contribution in [-0.2, 0) is 4.79 Å². The summed E-state index contributed by atoms with van der Waals surface area (Å²) in [7, 11) is 0. The molecule has 0 aromatic rings. The average Bonchev–Trinajstić information content (AvgIpc) is 2.15. The minimum Gasteiger partial charge on any atom is -0.370 e. The van der Waals surface area contributed by atoms with E-state index in [4.69, 9.17) is 5.73 Å². The second kappa shape index (κ2) is 8.08. The van der Waals surface area contributed by atoms with E-state index >= 15 is 0 Å². The number of carbonyl (C=O) groups is 1. The molecule has 1 amide bonds. The third kappa shape index (κ3) is 9.05. The quantitative estimate of drug-likeness (QED) is 0.432. The van der Waals surface area contributed by atoms with Crippen molar-refractivity contribution < 1.29 is 4.79 Å². The van der Waals surface area contributed by atoms with Crippen LogP contribution in [0.1, 0.15) is 27.2 Å². The molecule has 0 aromatic carbocycles. The summed E-state index contributed by atoms with van der Waals surface area (Å²) < 4.78 is 0. The van der Waals surface area contributed by atoms with Gasteiger partial charge in [0.25, 0.3) is 0 Å². The molecule has 0 aliphatic heterocycles. The van der Waals surface area contributed by atoms with E-state index in [1.165, 1.54) is 0 Å². The molecule has 5 heteroatoms. The van der Waals surface area contributed by atoms with Crippen LogP contribution < -0.4 is 16.4 Å². The van der Waals surface area contributed by atoms with Crippen LogP contribution in [0.4, 0.5) is 0 Å². The molecule has 0 rings (SSSR count). The van der Waals surface area contributed by atoms with E-state index in [1.54, 1.807) is 0 Å². The number of nitrogens with two attached hydrogens (primary N) is 1. The summed E-state index contributed by atoms with van der Waals surface area (Å²) in [6, 6.07) is 0. The zero-order valence-electron chi connectivity index (χ0n) is 9.84. The highest BCUT2D eigenvalue weighted by Gasteiger charge is 2.01. The summed E-state index contributed by atoms with van der Waals surface area (Å²) in [4.78, 5) is 15.2. The highest BCUT2D eigenvalue weighted by molar-refractivity contribution is 5.79. The average molecular weight is 214 g/mol. The lowest BCUT2D eigenvalue weighted by molar-refractivity contribution is -0.121. The van der Waals surface area contributed by atoms with Crippen molar-refractivity contribution in [3.8, 4) is 0 Å². The highest BCUT2D eigenvalue weighted by Crippen LogP contribution is 1.88. The first-order chi connectivity index (χ1) is 7.06. The fourth-order valence-corrected chi connectivity index (χ4v) is 0.921. The van der Waals surface area contributed by atoms with E-state index < -0.39 is 0 Å². The van der Waals surface area contributed by atoms with Crippen LogP contribution in [-0.4, -0.2) is 31.5 Å². The Balaban J connectivity index is 3.58. The van der Waals surface area contributed by atoms with Crippen LogP contribution in [0, 0.1) is 5.92 Å². The number of carbonyl (C=O) groups excluding carboxylic acids is 1. The SMILES string of the molecule is CCNC(N)=NCCC(=O)NCC(C)C. The van der Waals surface area contributed by atoms with Gasteiger partial charge in [-0.3, -0.25) is 9.79 Å². The van der Waals surface area contributed by atoms with Crippen molar-refractivity contribution in [2.75, 3.05) is 19.6 Å². The van der Waals surface area contributed by atoms with Crippen molar-refractivity contribution in [3.05, 3.63) is 0 Å². The molecule has 88 valence electrons. The second-order valence-electron chi connectivity index (χ2n) is 3.75.